The first-order valence-electron chi connectivity index (χ1n) is 4.40. The van der Waals surface area contributed by atoms with Crippen LogP contribution in [0.2, 0.25) is 0 Å². The molecule has 2 nitrogen and oxygen atoms in total. The molecule has 0 aromatic rings. The highest BCUT2D eigenvalue weighted by Gasteiger charge is 2.16. The zero-order valence-corrected chi connectivity index (χ0v) is 7.56. The third-order valence-electron chi connectivity index (χ3n) is 2.09. The third-order valence-corrected chi connectivity index (χ3v) is 2.09. The molecule has 0 saturated carbocycles. The van der Waals surface area contributed by atoms with E-state index in [-0.39, 0.29) is 0 Å². The summed E-state index contributed by atoms with van der Waals surface area (Å²) in [5.74, 6) is 0. The maximum atomic E-state index is 4.01. The van der Waals surface area contributed by atoms with Crippen molar-refractivity contribution in [2.75, 3.05) is 19.6 Å². The number of nitrogens with one attached hydrogen (secondary N) is 1. The molecule has 1 heterocycles. The zero-order valence-electron chi connectivity index (χ0n) is 7.56. The maximum absolute atomic E-state index is 4.01. The summed E-state index contributed by atoms with van der Waals surface area (Å²) in [7, 11) is 0. The molecule has 1 aliphatic rings. The molecule has 11 heavy (non-hydrogen) atoms. The van der Waals surface area contributed by atoms with Gasteiger partial charge in [-0.1, -0.05) is 13.5 Å². The van der Waals surface area contributed by atoms with Gasteiger partial charge >= 0.3 is 0 Å². The van der Waals surface area contributed by atoms with Crippen molar-refractivity contribution in [1.82, 2.24) is 10.2 Å². The fourth-order valence-corrected chi connectivity index (χ4v) is 1.45. The molecule has 0 bridgehead atoms. The van der Waals surface area contributed by atoms with E-state index in [0.29, 0.717) is 6.04 Å². The minimum atomic E-state index is 0.618. The molecular formula is C9H18N2. The van der Waals surface area contributed by atoms with Gasteiger partial charge in [0.1, 0.15) is 0 Å². The Kier molecular flexibility index (Phi) is 2.94. The van der Waals surface area contributed by atoms with Crippen molar-refractivity contribution >= 4 is 0 Å². The maximum Gasteiger partial charge on any atom is 0.0352 e. The molecule has 1 fully saturated rings. The Labute approximate surface area is 69.3 Å². The van der Waals surface area contributed by atoms with E-state index in [9.17, 15) is 0 Å². The van der Waals surface area contributed by atoms with Crippen LogP contribution >= 0.6 is 0 Å². The molecular weight excluding hydrogens is 136 g/mol. The molecule has 1 N–H and O–H groups in total. The molecule has 0 radical (unpaired) electrons. The van der Waals surface area contributed by atoms with Gasteiger partial charge in [0, 0.05) is 31.4 Å². The first-order valence-corrected chi connectivity index (χ1v) is 4.40. The zero-order chi connectivity index (χ0) is 8.27. The molecule has 1 saturated heterocycles. The summed E-state index contributed by atoms with van der Waals surface area (Å²) < 4.78 is 0. The van der Waals surface area contributed by atoms with Crippen LogP contribution in [0.5, 0.6) is 0 Å². The molecule has 0 amide bonds. The topological polar surface area (TPSA) is 15.3 Å². The van der Waals surface area contributed by atoms with Crippen LogP contribution in [0.3, 0.4) is 0 Å². The van der Waals surface area contributed by atoms with Crippen molar-refractivity contribution in [3.8, 4) is 0 Å². The predicted octanol–water partition coefficient (Wildman–Crippen LogP) is 1.20. The molecule has 0 aromatic heterocycles. The molecule has 2 heteroatoms. The number of piperazine rings is 1. The minimum Gasteiger partial charge on any atom is -0.373 e. The van der Waals surface area contributed by atoms with Crippen LogP contribution < -0.4 is 5.32 Å². The van der Waals surface area contributed by atoms with Crippen LogP contribution in [0, 0.1) is 0 Å². The normalized spacial score (nSPS) is 25.8. The molecule has 0 aliphatic carbocycles. The van der Waals surface area contributed by atoms with Gasteiger partial charge in [0.2, 0.25) is 0 Å². The fraction of sp³-hybridized carbons (Fsp3) is 0.778. The van der Waals surface area contributed by atoms with Gasteiger partial charge in [-0.15, -0.1) is 0 Å². The van der Waals surface area contributed by atoms with E-state index in [1.807, 2.05) is 0 Å². The van der Waals surface area contributed by atoms with Gasteiger partial charge in [-0.2, -0.15) is 0 Å². The molecule has 1 aliphatic heterocycles. The van der Waals surface area contributed by atoms with E-state index in [1.165, 1.54) is 12.1 Å². The lowest BCUT2D eigenvalue weighted by Gasteiger charge is -2.35. The Bertz CT molecular complexity index is 142. The van der Waals surface area contributed by atoms with Gasteiger partial charge in [0.05, 0.1) is 0 Å². The highest BCUT2D eigenvalue weighted by atomic mass is 15.2. The Morgan fingerprint density at radius 3 is 3.09 bits per heavy atom. The summed E-state index contributed by atoms with van der Waals surface area (Å²) in [6.45, 7) is 11.7. The summed E-state index contributed by atoms with van der Waals surface area (Å²) in [6.07, 6.45) is 1.21. The lowest BCUT2D eigenvalue weighted by Crippen LogP contribution is -2.47. The van der Waals surface area contributed by atoms with E-state index in [1.54, 1.807) is 0 Å². The Hall–Kier alpha value is -0.500. The number of nitrogens with zero attached hydrogens (tertiary/aromatic N) is 1. The van der Waals surface area contributed by atoms with Crippen LogP contribution in [0.1, 0.15) is 20.3 Å². The molecule has 64 valence electrons. The van der Waals surface area contributed by atoms with E-state index < -0.39 is 0 Å². The van der Waals surface area contributed by atoms with Gasteiger partial charge in [-0.3, -0.25) is 0 Å². The second kappa shape index (κ2) is 3.77. The van der Waals surface area contributed by atoms with Crippen LogP contribution in [-0.2, 0) is 0 Å². The fourth-order valence-electron chi connectivity index (χ4n) is 1.45. The van der Waals surface area contributed by atoms with Crippen LogP contribution in [0.4, 0.5) is 0 Å². The van der Waals surface area contributed by atoms with Crippen LogP contribution in [0.15, 0.2) is 12.3 Å². The summed E-state index contributed by atoms with van der Waals surface area (Å²) in [5.41, 5.74) is 1.24. The quantitative estimate of drug-likeness (QED) is 0.643. The lowest BCUT2D eigenvalue weighted by atomic mass is 10.2. The van der Waals surface area contributed by atoms with E-state index >= 15 is 0 Å². The summed E-state index contributed by atoms with van der Waals surface area (Å²) in [4.78, 5) is 2.38. The summed E-state index contributed by atoms with van der Waals surface area (Å²) in [6, 6.07) is 0.618. The highest BCUT2D eigenvalue weighted by molar-refractivity contribution is 5.01. The largest absolute Gasteiger partial charge is 0.373 e. The van der Waals surface area contributed by atoms with E-state index in [2.05, 4.69) is 30.6 Å². The second-order valence-corrected chi connectivity index (χ2v) is 3.29. The van der Waals surface area contributed by atoms with Crippen molar-refractivity contribution in [2.24, 2.45) is 0 Å². The number of hydrogen-bond acceptors (Lipinski definition) is 2. The standard InChI is InChI=1S/C9H18N2/c1-4-5-11-7-8(2)10-6-9(11)3/h8,10H,3-7H2,1-2H3. The van der Waals surface area contributed by atoms with E-state index in [4.69, 9.17) is 0 Å². The van der Waals surface area contributed by atoms with Crippen molar-refractivity contribution in [1.29, 1.82) is 0 Å². The minimum absolute atomic E-state index is 0.618. The van der Waals surface area contributed by atoms with Crippen molar-refractivity contribution in [3.05, 3.63) is 12.3 Å². The van der Waals surface area contributed by atoms with Gasteiger partial charge in [0.25, 0.3) is 0 Å². The summed E-state index contributed by atoms with van der Waals surface area (Å²) in [5, 5.41) is 3.38. The van der Waals surface area contributed by atoms with Gasteiger partial charge < -0.3 is 10.2 Å². The predicted molar refractivity (Wildman–Crippen MR) is 48.5 cm³/mol. The third kappa shape index (κ3) is 2.22. The molecule has 0 aromatic carbocycles. The van der Waals surface area contributed by atoms with Gasteiger partial charge in [-0.05, 0) is 13.3 Å². The smallest absolute Gasteiger partial charge is 0.0352 e. The molecule has 1 rings (SSSR count). The summed E-state index contributed by atoms with van der Waals surface area (Å²) >= 11 is 0. The number of hydrogen-bond donors (Lipinski definition) is 1. The average molecular weight is 154 g/mol. The molecule has 1 atom stereocenters. The average Bonchev–Trinajstić information content (AvgIpc) is 1.98. The Morgan fingerprint density at radius 1 is 1.73 bits per heavy atom. The molecule has 1 unspecified atom stereocenters. The van der Waals surface area contributed by atoms with Crippen LogP contribution in [0.25, 0.3) is 0 Å². The molecule has 0 spiro atoms. The highest BCUT2D eigenvalue weighted by Crippen LogP contribution is 2.08. The SMILES string of the molecule is C=C1CNC(C)CN1CCC. The monoisotopic (exact) mass is 154 g/mol. The van der Waals surface area contributed by atoms with Gasteiger partial charge in [-0.25, -0.2) is 0 Å². The Morgan fingerprint density at radius 2 is 2.45 bits per heavy atom. The lowest BCUT2D eigenvalue weighted by molar-refractivity contribution is 0.263. The first-order chi connectivity index (χ1) is 5.24. The Balaban J connectivity index is 2.40. The van der Waals surface area contributed by atoms with Crippen molar-refractivity contribution in [3.63, 3.8) is 0 Å². The first kappa shape index (κ1) is 8.60. The number of rotatable bonds is 2. The van der Waals surface area contributed by atoms with Gasteiger partial charge in [0.15, 0.2) is 0 Å². The second-order valence-electron chi connectivity index (χ2n) is 3.29. The van der Waals surface area contributed by atoms with Crippen molar-refractivity contribution < 1.29 is 0 Å². The van der Waals surface area contributed by atoms with Crippen LogP contribution in [-0.4, -0.2) is 30.6 Å². The van der Waals surface area contributed by atoms with Crippen molar-refractivity contribution in [2.45, 2.75) is 26.3 Å². The van der Waals surface area contributed by atoms with E-state index in [0.717, 1.165) is 19.6 Å².